The third-order valence-electron chi connectivity index (χ3n) is 3.39. The van der Waals surface area contributed by atoms with E-state index in [1.165, 1.54) is 0 Å². The highest BCUT2D eigenvalue weighted by Gasteiger charge is 2.37. The van der Waals surface area contributed by atoms with Gasteiger partial charge in [-0.25, -0.2) is 0 Å². The first-order chi connectivity index (χ1) is 7.13. The molecule has 1 heterocycles. The molecule has 0 bridgehead atoms. The Hall–Kier alpha value is -0.120. The van der Waals surface area contributed by atoms with Crippen molar-refractivity contribution in [2.24, 2.45) is 5.41 Å². The number of hydrogen-bond acceptors (Lipinski definition) is 3. The fraction of sp³-hybridized carbons (Fsp3) is 1.00. The van der Waals surface area contributed by atoms with Crippen LogP contribution in [0.5, 0.6) is 0 Å². The lowest BCUT2D eigenvalue weighted by atomic mass is 9.95. The number of rotatable bonds is 3. The SMILES string of the molecule is CN(C)C(C)(C)CC1COC(C(C)(C)C)O1. The first kappa shape index (κ1) is 13.9. The van der Waals surface area contributed by atoms with Crippen molar-refractivity contribution in [3.63, 3.8) is 0 Å². The number of nitrogens with zero attached hydrogens (tertiary/aromatic N) is 1. The maximum absolute atomic E-state index is 5.96. The lowest BCUT2D eigenvalue weighted by molar-refractivity contribution is -0.127. The second-order valence-corrected chi connectivity index (χ2v) is 6.70. The first-order valence-corrected chi connectivity index (χ1v) is 6.07. The van der Waals surface area contributed by atoms with Crippen LogP contribution >= 0.6 is 0 Å². The van der Waals surface area contributed by atoms with Gasteiger partial charge < -0.3 is 14.4 Å². The van der Waals surface area contributed by atoms with Crippen LogP contribution < -0.4 is 0 Å². The van der Waals surface area contributed by atoms with Crippen LogP contribution in [0.15, 0.2) is 0 Å². The van der Waals surface area contributed by atoms with E-state index in [4.69, 9.17) is 9.47 Å². The average Bonchev–Trinajstić information content (AvgIpc) is 2.50. The molecular formula is C13H27NO2. The molecule has 0 radical (unpaired) electrons. The molecule has 1 fully saturated rings. The van der Waals surface area contributed by atoms with Crippen molar-refractivity contribution in [2.75, 3.05) is 20.7 Å². The van der Waals surface area contributed by atoms with Crippen LogP contribution in [-0.4, -0.2) is 43.5 Å². The Balaban J connectivity index is 2.49. The minimum Gasteiger partial charge on any atom is -0.349 e. The van der Waals surface area contributed by atoms with Gasteiger partial charge >= 0.3 is 0 Å². The maximum atomic E-state index is 5.96. The molecule has 3 heteroatoms. The van der Waals surface area contributed by atoms with Crippen molar-refractivity contribution in [3.8, 4) is 0 Å². The van der Waals surface area contributed by atoms with Gasteiger partial charge in [-0.15, -0.1) is 0 Å². The summed E-state index contributed by atoms with van der Waals surface area (Å²) in [6, 6.07) is 0. The minimum absolute atomic E-state index is 0.0598. The predicted octanol–water partition coefficient (Wildman–Crippen LogP) is 2.50. The van der Waals surface area contributed by atoms with E-state index >= 15 is 0 Å². The first-order valence-electron chi connectivity index (χ1n) is 6.07. The quantitative estimate of drug-likeness (QED) is 0.742. The van der Waals surface area contributed by atoms with E-state index < -0.39 is 0 Å². The van der Waals surface area contributed by atoms with Crippen molar-refractivity contribution in [3.05, 3.63) is 0 Å². The van der Waals surface area contributed by atoms with E-state index in [0.717, 1.165) is 13.0 Å². The fourth-order valence-electron chi connectivity index (χ4n) is 1.75. The van der Waals surface area contributed by atoms with Gasteiger partial charge in [-0.1, -0.05) is 20.8 Å². The van der Waals surface area contributed by atoms with Gasteiger partial charge in [0.1, 0.15) is 0 Å². The average molecular weight is 229 g/mol. The highest BCUT2D eigenvalue weighted by Crippen LogP contribution is 2.32. The molecule has 0 spiro atoms. The van der Waals surface area contributed by atoms with Gasteiger partial charge in [0.2, 0.25) is 0 Å². The lowest BCUT2D eigenvalue weighted by Crippen LogP contribution is -2.41. The van der Waals surface area contributed by atoms with E-state index in [0.29, 0.717) is 0 Å². The third kappa shape index (κ3) is 3.44. The van der Waals surface area contributed by atoms with Crippen LogP contribution in [-0.2, 0) is 9.47 Å². The minimum atomic E-state index is -0.0598. The largest absolute Gasteiger partial charge is 0.349 e. The summed E-state index contributed by atoms with van der Waals surface area (Å²) in [6.45, 7) is 11.6. The summed E-state index contributed by atoms with van der Waals surface area (Å²) in [4.78, 5) is 2.24. The molecule has 1 saturated heterocycles. The van der Waals surface area contributed by atoms with Crippen molar-refractivity contribution in [2.45, 2.75) is 59.0 Å². The molecular weight excluding hydrogens is 202 g/mol. The van der Waals surface area contributed by atoms with Crippen LogP contribution in [0.3, 0.4) is 0 Å². The maximum Gasteiger partial charge on any atom is 0.162 e. The van der Waals surface area contributed by atoms with Crippen LogP contribution in [0, 0.1) is 5.41 Å². The number of ether oxygens (including phenoxy) is 2. The van der Waals surface area contributed by atoms with E-state index in [-0.39, 0.29) is 23.3 Å². The molecule has 1 aliphatic heterocycles. The van der Waals surface area contributed by atoms with Crippen LogP contribution in [0.4, 0.5) is 0 Å². The molecule has 0 aliphatic carbocycles. The Bertz CT molecular complexity index is 231. The molecule has 0 aromatic carbocycles. The van der Waals surface area contributed by atoms with Crippen LogP contribution in [0.2, 0.25) is 0 Å². The van der Waals surface area contributed by atoms with E-state index in [1.807, 2.05) is 0 Å². The standard InChI is InChI=1S/C13H27NO2/c1-12(2,3)11-15-9-10(16-11)8-13(4,5)14(6)7/h10-11H,8-9H2,1-7H3. The summed E-state index contributed by atoms with van der Waals surface area (Å²) in [5, 5.41) is 0. The molecule has 3 nitrogen and oxygen atoms in total. The Morgan fingerprint density at radius 2 is 1.69 bits per heavy atom. The molecule has 2 unspecified atom stereocenters. The Kier molecular flexibility index (Phi) is 4.04. The van der Waals surface area contributed by atoms with E-state index in [9.17, 15) is 0 Å². The fourth-order valence-corrected chi connectivity index (χ4v) is 1.75. The molecule has 1 aliphatic rings. The van der Waals surface area contributed by atoms with Crippen LogP contribution in [0.1, 0.15) is 41.0 Å². The topological polar surface area (TPSA) is 21.7 Å². The van der Waals surface area contributed by atoms with Gasteiger partial charge in [-0.3, -0.25) is 0 Å². The van der Waals surface area contributed by atoms with Crippen molar-refractivity contribution in [1.82, 2.24) is 4.90 Å². The van der Waals surface area contributed by atoms with Crippen molar-refractivity contribution < 1.29 is 9.47 Å². The summed E-state index contributed by atoms with van der Waals surface area (Å²) in [5.41, 5.74) is 0.220. The number of hydrogen-bond donors (Lipinski definition) is 0. The molecule has 1 rings (SSSR count). The second-order valence-electron chi connectivity index (χ2n) is 6.70. The molecule has 0 N–H and O–H groups in total. The second kappa shape index (κ2) is 4.63. The molecule has 0 amide bonds. The van der Waals surface area contributed by atoms with E-state index in [2.05, 4.69) is 53.6 Å². The molecule has 2 atom stereocenters. The van der Waals surface area contributed by atoms with Gasteiger partial charge in [0.25, 0.3) is 0 Å². The summed E-state index contributed by atoms with van der Waals surface area (Å²) in [7, 11) is 4.22. The normalized spacial score (nSPS) is 27.8. The molecule has 0 aromatic rings. The van der Waals surface area contributed by atoms with Gasteiger partial charge in [0.15, 0.2) is 6.29 Å². The highest BCUT2D eigenvalue weighted by molar-refractivity contribution is 4.84. The van der Waals surface area contributed by atoms with Gasteiger partial charge in [-0.05, 0) is 34.4 Å². The monoisotopic (exact) mass is 229 g/mol. The third-order valence-corrected chi connectivity index (χ3v) is 3.39. The van der Waals surface area contributed by atoms with Gasteiger partial charge in [0, 0.05) is 11.0 Å². The molecule has 0 aromatic heterocycles. The van der Waals surface area contributed by atoms with Gasteiger partial charge in [-0.2, -0.15) is 0 Å². The highest BCUT2D eigenvalue weighted by atomic mass is 16.7. The zero-order valence-electron chi connectivity index (χ0n) is 11.8. The summed E-state index contributed by atoms with van der Waals surface area (Å²) >= 11 is 0. The van der Waals surface area contributed by atoms with E-state index in [1.54, 1.807) is 0 Å². The van der Waals surface area contributed by atoms with Crippen LogP contribution in [0.25, 0.3) is 0 Å². The summed E-state index contributed by atoms with van der Waals surface area (Å²) in [6.07, 6.45) is 1.17. The molecule has 96 valence electrons. The molecule has 16 heavy (non-hydrogen) atoms. The summed E-state index contributed by atoms with van der Waals surface area (Å²) < 4.78 is 11.7. The zero-order chi connectivity index (χ0) is 12.6. The lowest BCUT2D eigenvalue weighted by Gasteiger charge is -2.34. The molecule has 0 saturated carbocycles. The van der Waals surface area contributed by atoms with Gasteiger partial charge in [0.05, 0.1) is 12.7 Å². The Morgan fingerprint density at radius 1 is 1.12 bits per heavy atom. The van der Waals surface area contributed by atoms with Crippen molar-refractivity contribution >= 4 is 0 Å². The Labute approximate surface area is 100 Å². The Morgan fingerprint density at radius 3 is 2.06 bits per heavy atom. The predicted molar refractivity (Wildman–Crippen MR) is 66.5 cm³/mol. The summed E-state index contributed by atoms with van der Waals surface area (Å²) in [5.74, 6) is 0. The zero-order valence-corrected chi connectivity index (χ0v) is 11.8. The van der Waals surface area contributed by atoms with Crippen molar-refractivity contribution in [1.29, 1.82) is 0 Å². The smallest absolute Gasteiger partial charge is 0.162 e.